The molecule has 0 bridgehead atoms. The van der Waals surface area contributed by atoms with Gasteiger partial charge in [0.1, 0.15) is 5.75 Å². The second-order valence-corrected chi connectivity index (χ2v) is 5.62. The van der Waals surface area contributed by atoms with E-state index in [4.69, 9.17) is 16.3 Å². The molecule has 0 heterocycles. The summed E-state index contributed by atoms with van der Waals surface area (Å²) in [6.07, 6.45) is 0. The molecule has 0 fully saturated rings. The number of carbonyl (C=O) groups excluding carboxylic acids is 1. The minimum atomic E-state index is -0.0941. The second-order valence-electron chi connectivity index (χ2n) is 5.18. The van der Waals surface area contributed by atoms with E-state index in [0.29, 0.717) is 23.0 Å². The van der Waals surface area contributed by atoms with Gasteiger partial charge in [0.05, 0.1) is 19.3 Å². The van der Waals surface area contributed by atoms with E-state index in [2.05, 4.69) is 22.3 Å². The normalized spacial score (nSPS) is 10.6. The Bertz CT molecular complexity index is 647. The van der Waals surface area contributed by atoms with Crippen molar-refractivity contribution >= 4 is 23.2 Å². The van der Waals surface area contributed by atoms with Gasteiger partial charge in [-0.25, -0.2) is 0 Å². The average Bonchev–Trinajstić information content (AvgIpc) is 2.55. The van der Waals surface area contributed by atoms with Crippen molar-refractivity contribution in [2.24, 2.45) is 0 Å². The maximum absolute atomic E-state index is 12.3. The molecule has 0 aliphatic carbocycles. The molecule has 0 radical (unpaired) electrons. The Morgan fingerprint density at radius 2 is 1.96 bits per heavy atom. The maximum Gasteiger partial charge on any atom is 0.238 e. The second kappa shape index (κ2) is 8.56. The van der Waals surface area contributed by atoms with Crippen LogP contribution in [0.5, 0.6) is 5.75 Å². The zero-order chi connectivity index (χ0) is 16.7. The number of rotatable bonds is 7. The van der Waals surface area contributed by atoms with E-state index in [0.717, 1.165) is 13.1 Å². The SMILES string of the molecule is CCN(CC(=O)Nc1cc(Cl)ccc1OC)Cc1ccccc1. The standard InChI is InChI=1S/C18H21ClN2O2/c1-3-21(12-14-7-5-4-6-8-14)13-18(22)20-16-11-15(19)9-10-17(16)23-2/h4-11H,3,12-13H2,1-2H3,(H,20,22). The Balaban J connectivity index is 1.99. The van der Waals surface area contributed by atoms with Crippen LogP contribution in [0.4, 0.5) is 5.69 Å². The third-order valence-corrected chi connectivity index (χ3v) is 3.73. The molecule has 0 aromatic heterocycles. The van der Waals surface area contributed by atoms with Crippen LogP contribution in [0.3, 0.4) is 0 Å². The lowest BCUT2D eigenvalue weighted by molar-refractivity contribution is -0.117. The Morgan fingerprint density at radius 3 is 2.61 bits per heavy atom. The highest BCUT2D eigenvalue weighted by molar-refractivity contribution is 6.31. The number of hydrogen-bond acceptors (Lipinski definition) is 3. The van der Waals surface area contributed by atoms with Crippen molar-refractivity contribution in [3.8, 4) is 5.75 Å². The number of benzene rings is 2. The predicted octanol–water partition coefficient (Wildman–Crippen LogP) is 3.81. The molecule has 23 heavy (non-hydrogen) atoms. The fourth-order valence-corrected chi connectivity index (χ4v) is 2.46. The molecule has 1 N–H and O–H groups in total. The number of amides is 1. The van der Waals surface area contributed by atoms with Gasteiger partial charge in [-0.15, -0.1) is 0 Å². The van der Waals surface area contributed by atoms with Gasteiger partial charge >= 0.3 is 0 Å². The Kier molecular flexibility index (Phi) is 6.44. The summed E-state index contributed by atoms with van der Waals surface area (Å²) in [5.41, 5.74) is 1.77. The average molecular weight is 333 g/mol. The third-order valence-electron chi connectivity index (χ3n) is 3.50. The van der Waals surface area contributed by atoms with Crippen molar-refractivity contribution in [2.45, 2.75) is 13.5 Å². The van der Waals surface area contributed by atoms with E-state index in [1.807, 2.05) is 25.1 Å². The minimum absolute atomic E-state index is 0.0941. The van der Waals surface area contributed by atoms with Gasteiger partial charge < -0.3 is 10.1 Å². The van der Waals surface area contributed by atoms with Crippen LogP contribution in [0, 0.1) is 0 Å². The minimum Gasteiger partial charge on any atom is -0.495 e. The summed E-state index contributed by atoms with van der Waals surface area (Å²) >= 11 is 5.98. The van der Waals surface area contributed by atoms with Gasteiger partial charge in [-0.05, 0) is 30.3 Å². The number of carbonyl (C=O) groups is 1. The molecular weight excluding hydrogens is 312 g/mol. The summed E-state index contributed by atoms with van der Waals surface area (Å²) < 4.78 is 5.24. The first kappa shape index (κ1) is 17.3. The summed E-state index contributed by atoms with van der Waals surface area (Å²) in [6, 6.07) is 15.2. The quantitative estimate of drug-likeness (QED) is 0.838. The molecular formula is C18H21ClN2O2. The number of methoxy groups -OCH3 is 1. The van der Waals surface area contributed by atoms with Crippen molar-refractivity contribution in [3.05, 3.63) is 59.1 Å². The number of likely N-dealkylation sites (N-methyl/N-ethyl adjacent to an activating group) is 1. The van der Waals surface area contributed by atoms with Gasteiger partial charge in [0.2, 0.25) is 5.91 Å². The van der Waals surface area contributed by atoms with Crippen molar-refractivity contribution in [2.75, 3.05) is 25.5 Å². The lowest BCUT2D eigenvalue weighted by Gasteiger charge is -2.20. The highest BCUT2D eigenvalue weighted by atomic mass is 35.5. The van der Waals surface area contributed by atoms with Gasteiger partial charge in [0, 0.05) is 11.6 Å². The van der Waals surface area contributed by atoms with Crippen LogP contribution < -0.4 is 10.1 Å². The smallest absolute Gasteiger partial charge is 0.238 e. The van der Waals surface area contributed by atoms with Gasteiger partial charge in [0.25, 0.3) is 0 Å². The molecule has 2 aromatic rings. The summed E-state index contributed by atoms with van der Waals surface area (Å²) in [6.45, 7) is 3.86. The number of nitrogens with zero attached hydrogens (tertiary/aromatic N) is 1. The fraction of sp³-hybridized carbons (Fsp3) is 0.278. The first-order valence-electron chi connectivity index (χ1n) is 7.52. The number of anilines is 1. The van der Waals surface area contributed by atoms with Crippen LogP contribution >= 0.6 is 11.6 Å². The van der Waals surface area contributed by atoms with Crippen LogP contribution in [-0.4, -0.2) is 31.0 Å². The molecule has 2 rings (SSSR count). The van der Waals surface area contributed by atoms with Crippen molar-refractivity contribution in [1.82, 2.24) is 4.90 Å². The maximum atomic E-state index is 12.3. The first-order chi connectivity index (χ1) is 11.1. The first-order valence-corrected chi connectivity index (χ1v) is 7.90. The van der Waals surface area contributed by atoms with Crippen LogP contribution in [0.2, 0.25) is 5.02 Å². The van der Waals surface area contributed by atoms with Gasteiger partial charge in [-0.1, -0.05) is 48.9 Å². The molecule has 0 spiro atoms. The Hall–Kier alpha value is -2.04. The lowest BCUT2D eigenvalue weighted by Crippen LogP contribution is -2.32. The monoisotopic (exact) mass is 332 g/mol. The van der Waals surface area contributed by atoms with E-state index in [9.17, 15) is 4.79 Å². The molecule has 4 nitrogen and oxygen atoms in total. The van der Waals surface area contributed by atoms with Gasteiger partial charge in [0.15, 0.2) is 0 Å². The highest BCUT2D eigenvalue weighted by Gasteiger charge is 2.12. The van der Waals surface area contributed by atoms with Crippen molar-refractivity contribution < 1.29 is 9.53 Å². The van der Waals surface area contributed by atoms with E-state index in [1.54, 1.807) is 25.3 Å². The molecule has 0 atom stereocenters. The summed E-state index contributed by atoms with van der Waals surface area (Å²) in [4.78, 5) is 14.4. The number of ether oxygens (including phenoxy) is 1. The molecule has 0 aliphatic heterocycles. The Morgan fingerprint density at radius 1 is 1.22 bits per heavy atom. The van der Waals surface area contributed by atoms with Gasteiger partial charge in [-0.2, -0.15) is 0 Å². The van der Waals surface area contributed by atoms with Crippen molar-refractivity contribution in [1.29, 1.82) is 0 Å². The molecule has 1 amide bonds. The molecule has 2 aromatic carbocycles. The van der Waals surface area contributed by atoms with E-state index >= 15 is 0 Å². The summed E-state index contributed by atoms with van der Waals surface area (Å²) in [5.74, 6) is 0.497. The summed E-state index contributed by atoms with van der Waals surface area (Å²) in [5, 5.41) is 3.42. The predicted molar refractivity (Wildman–Crippen MR) is 94.0 cm³/mol. The number of nitrogens with one attached hydrogen (secondary N) is 1. The zero-order valence-electron chi connectivity index (χ0n) is 13.4. The van der Waals surface area contributed by atoms with E-state index < -0.39 is 0 Å². The summed E-state index contributed by atoms with van der Waals surface area (Å²) in [7, 11) is 1.56. The van der Waals surface area contributed by atoms with Crippen molar-refractivity contribution in [3.63, 3.8) is 0 Å². The largest absolute Gasteiger partial charge is 0.495 e. The number of halogens is 1. The fourth-order valence-electron chi connectivity index (χ4n) is 2.29. The van der Waals surface area contributed by atoms with E-state index in [1.165, 1.54) is 5.56 Å². The number of hydrogen-bond donors (Lipinski definition) is 1. The molecule has 122 valence electrons. The topological polar surface area (TPSA) is 41.6 Å². The molecule has 5 heteroatoms. The highest BCUT2D eigenvalue weighted by Crippen LogP contribution is 2.27. The Labute approximate surface area is 142 Å². The van der Waals surface area contributed by atoms with Crippen LogP contribution in [0.1, 0.15) is 12.5 Å². The van der Waals surface area contributed by atoms with Gasteiger partial charge in [-0.3, -0.25) is 9.69 Å². The van der Waals surface area contributed by atoms with Crippen LogP contribution in [0.15, 0.2) is 48.5 Å². The zero-order valence-corrected chi connectivity index (χ0v) is 14.1. The molecule has 0 aliphatic rings. The third kappa shape index (κ3) is 5.27. The molecule has 0 saturated heterocycles. The van der Waals surface area contributed by atoms with Crippen LogP contribution in [0.25, 0.3) is 0 Å². The molecule has 0 saturated carbocycles. The van der Waals surface area contributed by atoms with Crippen LogP contribution in [-0.2, 0) is 11.3 Å². The lowest BCUT2D eigenvalue weighted by atomic mass is 10.2. The molecule has 0 unspecified atom stereocenters. The van der Waals surface area contributed by atoms with E-state index in [-0.39, 0.29) is 5.91 Å².